The number of nitro benzene ring substituents is 1. The van der Waals surface area contributed by atoms with Crippen LogP contribution in [0.3, 0.4) is 0 Å². The first-order valence-corrected chi connectivity index (χ1v) is 9.70. The highest BCUT2D eigenvalue weighted by atomic mass is 32.2. The maximum absolute atomic E-state index is 12.6. The molecule has 0 unspecified atom stereocenters. The highest BCUT2D eigenvalue weighted by Gasteiger charge is 2.25. The topological polar surface area (TPSA) is 150 Å². The number of nitrogen functional groups attached to an aromatic ring is 1. The molecule has 1 amide bonds. The fraction of sp³-hybridized carbons (Fsp3) is 0.176. The summed E-state index contributed by atoms with van der Waals surface area (Å²) in [6.45, 7) is 3.03. The molecule has 1 aromatic heterocycles. The van der Waals surface area contributed by atoms with Crippen molar-refractivity contribution in [1.29, 1.82) is 0 Å². The van der Waals surface area contributed by atoms with Crippen LogP contribution in [0.25, 0.3) is 11.0 Å². The summed E-state index contributed by atoms with van der Waals surface area (Å²) >= 11 is 0. The maximum Gasteiger partial charge on any atom is 0.282 e. The molecule has 10 nitrogen and oxygen atoms in total. The summed E-state index contributed by atoms with van der Waals surface area (Å²) in [4.78, 5) is 27.0. The van der Waals surface area contributed by atoms with Crippen molar-refractivity contribution in [1.82, 2.24) is 8.96 Å². The van der Waals surface area contributed by atoms with Crippen molar-refractivity contribution in [2.24, 2.45) is 0 Å². The second-order valence-corrected chi connectivity index (χ2v) is 8.60. The molecule has 3 rings (SSSR count). The van der Waals surface area contributed by atoms with E-state index in [4.69, 9.17) is 5.73 Å². The number of benzene rings is 2. The van der Waals surface area contributed by atoms with Crippen LogP contribution in [0.2, 0.25) is 0 Å². The van der Waals surface area contributed by atoms with Crippen LogP contribution in [0.15, 0.2) is 42.5 Å². The summed E-state index contributed by atoms with van der Waals surface area (Å²) < 4.78 is 26.1. The Morgan fingerprint density at radius 1 is 1.25 bits per heavy atom. The van der Waals surface area contributed by atoms with Crippen molar-refractivity contribution in [3.63, 3.8) is 0 Å². The number of carbonyl (C=O) groups excluding carboxylic acids is 1. The minimum Gasteiger partial charge on any atom is -0.368 e. The lowest BCUT2D eigenvalue weighted by atomic mass is 10.1. The number of aromatic nitrogens is 2. The van der Waals surface area contributed by atoms with Gasteiger partial charge in [0.2, 0.25) is 16.0 Å². The van der Waals surface area contributed by atoms with Gasteiger partial charge in [0.15, 0.2) is 0 Å². The predicted octanol–water partition coefficient (Wildman–Crippen LogP) is 2.37. The van der Waals surface area contributed by atoms with E-state index in [1.165, 1.54) is 56.3 Å². The van der Waals surface area contributed by atoms with Crippen LogP contribution in [-0.2, 0) is 10.0 Å². The van der Waals surface area contributed by atoms with Crippen LogP contribution in [-0.4, -0.2) is 33.5 Å². The molecule has 0 atom stereocenters. The van der Waals surface area contributed by atoms with E-state index in [0.717, 1.165) is 3.97 Å². The first-order valence-electron chi connectivity index (χ1n) is 8.20. The molecule has 0 aliphatic heterocycles. The van der Waals surface area contributed by atoms with Crippen molar-refractivity contribution in [2.45, 2.75) is 19.1 Å². The summed E-state index contributed by atoms with van der Waals surface area (Å²) in [7, 11) is -3.78. The van der Waals surface area contributed by atoms with Gasteiger partial charge in [-0.15, -0.1) is 0 Å². The smallest absolute Gasteiger partial charge is 0.282 e. The van der Waals surface area contributed by atoms with E-state index in [0.29, 0.717) is 5.52 Å². The van der Waals surface area contributed by atoms with Gasteiger partial charge in [-0.3, -0.25) is 14.9 Å². The Morgan fingerprint density at radius 2 is 1.93 bits per heavy atom. The SMILES string of the molecule is CC(C)S(=O)(=O)n1c(N)nc2ccc(NC(=O)c3ccccc3[N+](=O)[O-])cc21. The third-order valence-corrected chi connectivity index (χ3v) is 6.17. The zero-order chi connectivity index (χ0) is 20.6. The average Bonchev–Trinajstić information content (AvgIpc) is 2.97. The van der Waals surface area contributed by atoms with E-state index in [1.54, 1.807) is 0 Å². The Hall–Kier alpha value is -3.47. The summed E-state index contributed by atoms with van der Waals surface area (Å²) in [6, 6.07) is 9.95. The Bertz CT molecular complexity index is 1200. The van der Waals surface area contributed by atoms with Gasteiger partial charge in [-0.1, -0.05) is 12.1 Å². The summed E-state index contributed by atoms with van der Waals surface area (Å²) in [5.74, 6) is -0.886. The third kappa shape index (κ3) is 3.27. The van der Waals surface area contributed by atoms with Gasteiger partial charge in [0.05, 0.1) is 21.2 Å². The van der Waals surface area contributed by atoms with Crippen LogP contribution >= 0.6 is 0 Å². The maximum atomic E-state index is 12.6. The first kappa shape index (κ1) is 19.3. The van der Waals surface area contributed by atoms with Crippen LogP contribution in [0.5, 0.6) is 0 Å². The van der Waals surface area contributed by atoms with Crippen molar-refractivity contribution in [3.8, 4) is 0 Å². The number of hydrogen-bond acceptors (Lipinski definition) is 7. The summed E-state index contributed by atoms with van der Waals surface area (Å²) in [5.41, 5.74) is 6.12. The van der Waals surface area contributed by atoms with Crippen LogP contribution in [0, 0.1) is 10.1 Å². The molecule has 0 aliphatic rings. The molecule has 0 aliphatic carbocycles. The van der Waals surface area contributed by atoms with Crippen LogP contribution in [0.1, 0.15) is 24.2 Å². The standard InChI is InChI=1S/C17H17N5O5S/c1-10(2)28(26,27)21-15-9-11(7-8-13(15)20-17(21)18)19-16(23)12-5-3-4-6-14(12)22(24)25/h3-10H,1-2H3,(H2,18,20)(H,19,23). The predicted molar refractivity (Wildman–Crippen MR) is 105 cm³/mol. The number of nitrogens with one attached hydrogen (secondary N) is 1. The second kappa shape index (κ2) is 6.93. The Morgan fingerprint density at radius 3 is 2.57 bits per heavy atom. The van der Waals surface area contributed by atoms with Crippen molar-refractivity contribution >= 4 is 44.3 Å². The Labute approximate surface area is 160 Å². The molecule has 1 heterocycles. The first-order chi connectivity index (χ1) is 13.1. The molecule has 28 heavy (non-hydrogen) atoms. The number of nitro groups is 1. The number of rotatable bonds is 5. The fourth-order valence-corrected chi connectivity index (χ4v) is 3.80. The summed E-state index contributed by atoms with van der Waals surface area (Å²) in [5, 5.41) is 12.9. The molecule has 0 bridgehead atoms. The zero-order valence-electron chi connectivity index (χ0n) is 15.0. The van der Waals surface area contributed by atoms with E-state index < -0.39 is 26.1 Å². The monoisotopic (exact) mass is 403 g/mol. The number of nitrogens with zero attached hydrogens (tertiary/aromatic N) is 3. The largest absolute Gasteiger partial charge is 0.368 e. The number of amides is 1. The number of imidazole rings is 1. The molecule has 0 fully saturated rings. The van der Waals surface area contributed by atoms with E-state index in [9.17, 15) is 23.3 Å². The zero-order valence-corrected chi connectivity index (χ0v) is 15.8. The third-order valence-electron chi connectivity index (χ3n) is 4.09. The summed E-state index contributed by atoms with van der Waals surface area (Å²) in [6.07, 6.45) is 0. The van der Waals surface area contributed by atoms with Gasteiger partial charge in [-0.25, -0.2) is 17.4 Å². The van der Waals surface area contributed by atoms with E-state index in [1.807, 2.05) is 0 Å². The lowest BCUT2D eigenvalue weighted by Gasteiger charge is -2.12. The molecule has 2 aromatic carbocycles. The van der Waals surface area contributed by atoms with Gasteiger partial charge in [-0.05, 0) is 38.1 Å². The number of nitrogens with two attached hydrogens (primary N) is 1. The molecular weight excluding hydrogens is 386 g/mol. The number of carbonyl (C=O) groups is 1. The highest BCUT2D eigenvalue weighted by molar-refractivity contribution is 7.90. The van der Waals surface area contributed by atoms with Crippen molar-refractivity contribution in [3.05, 3.63) is 58.1 Å². The normalized spacial score (nSPS) is 11.7. The highest BCUT2D eigenvalue weighted by Crippen LogP contribution is 2.26. The van der Waals surface area contributed by atoms with Gasteiger partial charge in [0.25, 0.3) is 11.6 Å². The number of para-hydroxylation sites is 1. The lowest BCUT2D eigenvalue weighted by molar-refractivity contribution is -0.385. The lowest BCUT2D eigenvalue weighted by Crippen LogP contribution is -2.23. The van der Waals surface area contributed by atoms with Gasteiger partial charge in [0.1, 0.15) is 5.56 Å². The van der Waals surface area contributed by atoms with Crippen molar-refractivity contribution in [2.75, 3.05) is 11.1 Å². The van der Waals surface area contributed by atoms with Gasteiger partial charge in [0, 0.05) is 11.8 Å². The number of anilines is 2. The molecule has 0 spiro atoms. The molecule has 0 radical (unpaired) electrons. The Kier molecular flexibility index (Phi) is 4.77. The van der Waals surface area contributed by atoms with Gasteiger partial charge < -0.3 is 11.1 Å². The van der Waals surface area contributed by atoms with Gasteiger partial charge in [-0.2, -0.15) is 0 Å². The average molecular weight is 403 g/mol. The molecule has 146 valence electrons. The number of hydrogen-bond donors (Lipinski definition) is 2. The van der Waals surface area contributed by atoms with E-state index >= 15 is 0 Å². The molecule has 3 N–H and O–H groups in total. The Balaban J connectivity index is 2.04. The van der Waals surface area contributed by atoms with Crippen LogP contribution < -0.4 is 11.1 Å². The van der Waals surface area contributed by atoms with E-state index in [-0.39, 0.29) is 28.4 Å². The molecule has 11 heteroatoms. The molecular formula is C17H17N5O5S. The van der Waals surface area contributed by atoms with E-state index in [2.05, 4.69) is 10.3 Å². The quantitative estimate of drug-likeness (QED) is 0.490. The fourth-order valence-electron chi connectivity index (χ4n) is 2.65. The van der Waals surface area contributed by atoms with Crippen molar-refractivity contribution < 1.29 is 18.1 Å². The number of fused-ring (bicyclic) bond motifs is 1. The minimum atomic E-state index is -3.78. The molecule has 0 saturated heterocycles. The minimum absolute atomic E-state index is 0.115. The molecule has 3 aromatic rings. The second-order valence-electron chi connectivity index (χ2n) is 6.26. The van der Waals surface area contributed by atoms with Gasteiger partial charge >= 0.3 is 0 Å². The van der Waals surface area contributed by atoms with Crippen LogP contribution in [0.4, 0.5) is 17.3 Å². The molecule has 0 saturated carbocycles.